The highest BCUT2D eigenvalue weighted by Crippen LogP contribution is 2.30. The summed E-state index contributed by atoms with van der Waals surface area (Å²) in [4.78, 5) is 22.9. The molecule has 1 amide bonds. The fourth-order valence-electron chi connectivity index (χ4n) is 4.43. The summed E-state index contributed by atoms with van der Waals surface area (Å²) in [6.07, 6.45) is 4.47. The van der Waals surface area contributed by atoms with Crippen LogP contribution in [0.3, 0.4) is 0 Å². The van der Waals surface area contributed by atoms with Gasteiger partial charge in [-0.3, -0.25) is 9.48 Å². The Morgan fingerprint density at radius 2 is 2.11 bits per heavy atom. The molecule has 4 heterocycles. The minimum absolute atomic E-state index is 0.151. The second kappa shape index (κ2) is 10.5. The quantitative estimate of drug-likeness (QED) is 0.230. The fraction of sp³-hybridized carbons (Fsp3) is 0.462. The van der Waals surface area contributed by atoms with E-state index in [4.69, 9.17) is 26.3 Å². The Morgan fingerprint density at radius 3 is 2.84 bits per heavy atom. The predicted molar refractivity (Wildman–Crippen MR) is 150 cm³/mol. The lowest BCUT2D eigenvalue weighted by Crippen LogP contribution is -2.43. The summed E-state index contributed by atoms with van der Waals surface area (Å²) < 4.78 is 9.63. The third-order valence-corrected chi connectivity index (χ3v) is 8.74. The molecule has 1 aromatic carbocycles. The zero-order valence-electron chi connectivity index (χ0n) is 21.8. The van der Waals surface area contributed by atoms with E-state index in [0.717, 1.165) is 36.5 Å². The molecule has 37 heavy (non-hydrogen) atoms. The van der Waals surface area contributed by atoms with E-state index in [1.807, 2.05) is 29.8 Å². The predicted octanol–water partition coefficient (Wildman–Crippen LogP) is 4.29. The van der Waals surface area contributed by atoms with Crippen molar-refractivity contribution in [1.82, 2.24) is 34.9 Å². The Balaban J connectivity index is 1.46. The number of carbonyl (C=O) groups is 1. The summed E-state index contributed by atoms with van der Waals surface area (Å²) >= 11 is 6.20. The lowest BCUT2D eigenvalue weighted by Gasteiger charge is -2.26. The molecule has 1 fully saturated rings. The molecule has 0 aliphatic carbocycles. The van der Waals surface area contributed by atoms with Gasteiger partial charge in [-0.05, 0) is 49.7 Å². The Bertz CT molecular complexity index is 1440. The topological polar surface area (TPSA) is 98.9 Å². The maximum Gasteiger partial charge on any atom is 0.255 e. The molecular weight excluding hydrogens is 506 g/mol. The molecule has 0 saturated carbocycles. The fourth-order valence-corrected chi connectivity index (χ4v) is 5.35. The zero-order valence-corrected chi connectivity index (χ0v) is 23.6. The maximum atomic E-state index is 13.2. The molecule has 9 nitrogen and oxygen atoms in total. The van der Waals surface area contributed by atoms with Crippen molar-refractivity contribution >= 4 is 47.6 Å². The molecule has 196 valence electrons. The van der Waals surface area contributed by atoms with Crippen LogP contribution in [0, 0.1) is 5.92 Å². The van der Waals surface area contributed by atoms with Crippen molar-refractivity contribution in [1.29, 1.82) is 0 Å². The Hall–Kier alpha value is -2.79. The van der Waals surface area contributed by atoms with E-state index < -0.39 is 8.07 Å². The minimum atomic E-state index is -1.20. The van der Waals surface area contributed by atoms with Gasteiger partial charge < -0.3 is 19.9 Å². The smallest absolute Gasteiger partial charge is 0.255 e. The summed E-state index contributed by atoms with van der Waals surface area (Å²) in [6.45, 7) is 10.6. The second-order valence-electron chi connectivity index (χ2n) is 11.0. The van der Waals surface area contributed by atoms with Gasteiger partial charge in [-0.15, -0.1) is 0 Å². The summed E-state index contributed by atoms with van der Waals surface area (Å²) in [7, 11) is 0.672. The van der Waals surface area contributed by atoms with Gasteiger partial charge in [0.25, 0.3) is 5.91 Å². The van der Waals surface area contributed by atoms with Crippen LogP contribution in [-0.4, -0.2) is 64.5 Å². The normalized spacial score (nSPS) is 14.4. The number of benzene rings is 1. The van der Waals surface area contributed by atoms with Crippen molar-refractivity contribution in [3.63, 3.8) is 0 Å². The molecule has 11 heteroatoms. The molecule has 0 radical (unpaired) electrons. The number of hydrogen-bond donors (Lipinski definition) is 2. The second-order valence-corrected chi connectivity index (χ2v) is 17.0. The molecule has 1 aliphatic heterocycles. The summed E-state index contributed by atoms with van der Waals surface area (Å²) in [5.74, 6) is 0.473. The molecular formula is C26H34ClN7O2Si. The van der Waals surface area contributed by atoms with Crippen molar-refractivity contribution in [3.05, 3.63) is 41.2 Å². The lowest BCUT2D eigenvalue weighted by molar-refractivity contribution is 0.0891. The molecule has 1 saturated heterocycles. The van der Waals surface area contributed by atoms with Gasteiger partial charge in [-0.2, -0.15) is 5.10 Å². The average Bonchev–Trinajstić information content (AvgIpc) is 3.35. The zero-order chi connectivity index (χ0) is 26.2. The van der Waals surface area contributed by atoms with Crippen LogP contribution in [0.1, 0.15) is 16.8 Å². The largest absolute Gasteiger partial charge is 0.361 e. The van der Waals surface area contributed by atoms with Crippen LogP contribution in [0.5, 0.6) is 0 Å². The highest BCUT2D eigenvalue weighted by atomic mass is 35.5. The molecule has 1 aliphatic rings. The van der Waals surface area contributed by atoms with Crippen LogP contribution in [0.2, 0.25) is 30.7 Å². The van der Waals surface area contributed by atoms with Crippen LogP contribution >= 0.6 is 11.6 Å². The Kier molecular flexibility index (Phi) is 7.35. The van der Waals surface area contributed by atoms with Gasteiger partial charge >= 0.3 is 0 Å². The van der Waals surface area contributed by atoms with Gasteiger partial charge in [-0.1, -0.05) is 31.2 Å². The number of carbonyl (C=O) groups excluding carboxylic acids is 1. The molecule has 0 atom stereocenters. The standard InChI is InChI=1S/C26H34ClN7O2Si/c1-33-22-11-18(27)5-6-19(22)23(32-33)21-14-30-25-24(31-21)20(26(35)29-8-7-17-12-28-13-17)15-34(25)16-36-9-10-37(2,3)4/h5-6,11,14-15,17,28H,7-10,12-13,16H2,1-4H3,(H,29,35). The summed E-state index contributed by atoms with van der Waals surface area (Å²) in [5.41, 5.74) is 3.86. The molecule has 0 spiro atoms. The number of aryl methyl sites for hydroxylation is 1. The van der Waals surface area contributed by atoms with Crippen molar-refractivity contribution in [2.24, 2.45) is 13.0 Å². The van der Waals surface area contributed by atoms with E-state index in [1.165, 1.54) is 0 Å². The van der Waals surface area contributed by atoms with E-state index in [0.29, 0.717) is 58.9 Å². The monoisotopic (exact) mass is 539 g/mol. The number of fused-ring (bicyclic) bond motifs is 2. The summed E-state index contributed by atoms with van der Waals surface area (Å²) in [5, 5.41) is 12.6. The number of aromatic nitrogens is 5. The highest BCUT2D eigenvalue weighted by molar-refractivity contribution is 6.76. The van der Waals surface area contributed by atoms with E-state index in [-0.39, 0.29) is 5.91 Å². The van der Waals surface area contributed by atoms with E-state index in [1.54, 1.807) is 17.1 Å². The van der Waals surface area contributed by atoms with Gasteiger partial charge in [-0.25, -0.2) is 9.97 Å². The highest BCUT2D eigenvalue weighted by Gasteiger charge is 2.22. The number of halogens is 1. The molecule has 2 N–H and O–H groups in total. The van der Waals surface area contributed by atoms with Crippen LogP contribution in [0.15, 0.2) is 30.6 Å². The van der Waals surface area contributed by atoms with Gasteiger partial charge in [0.1, 0.15) is 23.6 Å². The molecule has 5 rings (SSSR count). The maximum absolute atomic E-state index is 13.2. The van der Waals surface area contributed by atoms with Gasteiger partial charge in [0, 0.05) is 44.9 Å². The number of rotatable bonds is 10. The first-order chi connectivity index (χ1) is 17.7. The summed E-state index contributed by atoms with van der Waals surface area (Å²) in [6, 6.07) is 6.73. The average molecular weight is 540 g/mol. The molecule has 0 unspecified atom stereocenters. The number of hydrogen-bond acceptors (Lipinski definition) is 6. The van der Waals surface area contributed by atoms with Crippen LogP contribution in [0.4, 0.5) is 0 Å². The van der Waals surface area contributed by atoms with E-state index >= 15 is 0 Å². The SMILES string of the molecule is Cn1nc(-c2cnc3c(n2)c(C(=O)NCCC2CNC2)cn3COCC[Si](C)(C)C)c2ccc(Cl)cc21. The van der Waals surface area contributed by atoms with Gasteiger partial charge in [0.2, 0.25) is 0 Å². The van der Waals surface area contributed by atoms with E-state index in [2.05, 4.69) is 35.4 Å². The number of ether oxygens (including phenoxy) is 1. The molecule has 4 aromatic rings. The number of nitrogens with one attached hydrogen (secondary N) is 2. The lowest BCUT2D eigenvalue weighted by atomic mass is 9.99. The number of nitrogens with zero attached hydrogens (tertiary/aromatic N) is 5. The number of amides is 1. The van der Waals surface area contributed by atoms with Crippen LogP contribution < -0.4 is 10.6 Å². The Morgan fingerprint density at radius 1 is 1.30 bits per heavy atom. The Labute approximate surface area is 222 Å². The third-order valence-electron chi connectivity index (χ3n) is 6.80. The van der Waals surface area contributed by atoms with E-state index in [9.17, 15) is 4.79 Å². The van der Waals surface area contributed by atoms with Gasteiger partial charge in [0.05, 0.1) is 17.3 Å². The van der Waals surface area contributed by atoms with Crippen LogP contribution in [0.25, 0.3) is 33.5 Å². The first-order valence-corrected chi connectivity index (χ1v) is 16.8. The van der Waals surface area contributed by atoms with Crippen molar-refractivity contribution in [2.75, 3.05) is 26.2 Å². The first-order valence-electron chi connectivity index (χ1n) is 12.7. The van der Waals surface area contributed by atoms with Crippen LogP contribution in [-0.2, 0) is 18.5 Å². The van der Waals surface area contributed by atoms with Gasteiger partial charge in [0.15, 0.2) is 5.65 Å². The first kappa shape index (κ1) is 25.8. The molecule has 3 aromatic heterocycles. The van der Waals surface area contributed by atoms with Crippen molar-refractivity contribution in [2.45, 2.75) is 38.8 Å². The molecule has 0 bridgehead atoms. The third kappa shape index (κ3) is 5.72. The van der Waals surface area contributed by atoms with Crippen molar-refractivity contribution in [3.8, 4) is 11.4 Å². The minimum Gasteiger partial charge on any atom is -0.361 e. The van der Waals surface area contributed by atoms with Crippen molar-refractivity contribution < 1.29 is 9.53 Å².